The maximum Gasteiger partial charge on any atom is 0.176 e. The van der Waals surface area contributed by atoms with E-state index in [0.717, 1.165) is 16.7 Å². The molecule has 0 bridgehead atoms. The zero-order valence-corrected chi connectivity index (χ0v) is 8.92. The maximum absolute atomic E-state index is 11.4. The molecule has 2 aromatic rings. The monoisotopic (exact) mass is 204 g/mol. The molecular formula is C12H12O3. The van der Waals surface area contributed by atoms with E-state index in [9.17, 15) is 9.90 Å². The molecule has 0 saturated heterocycles. The van der Waals surface area contributed by atoms with Gasteiger partial charge in [0.2, 0.25) is 0 Å². The minimum Gasteiger partial charge on any atom is -0.504 e. The van der Waals surface area contributed by atoms with E-state index >= 15 is 0 Å². The molecule has 0 radical (unpaired) electrons. The van der Waals surface area contributed by atoms with Gasteiger partial charge in [0.15, 0.2) is 17.1 Å². The van der Waals surface area contributed by atoms with Crippen LogP contribution in [0.15, 0.2) is 16.5 Å². The number of aryl methyl sites for hydroxylation is 2. The van der Waals surface area contributed by atoms with Gasteiger partial charge in [-0.25, -0.2) is 0 Å². The first-order valence-corrected chi connectivity index (χ1v) is 4.75. The summed E-state index contributed by atoms with van der Waals surface area (Å²) in [6.45, 7) is 5.21. The normalized spacial score (nSPS) is 10.9. The molecule has 3 nitrogen and oxygen atoms in total. The molecule has 0 aliphatic rings. The predicted octanol–water partition coefficient (Wildman–Crippen LogP) is 2.96. The molecule has 1 N–H and O–H groups in total. The van der Waals surface area contributed by atoms with Crippen molar-refractivity contribution in [1.29, 1.82) is 0 Å². The predicted molar refractivity (Wildman–Crippen MR) is 57.4 cm³/mol. The molecule has 78 valence electrons. The van der Waals surface area contributed by atoms with Crippen LogP contribution in [0.5, 0.6) is 5.75 Å². The highest BCUT2D eigenvalue weighted by atomic mass is 16.4. The Balaban J connectivity index is 2.96. The van der Waals surface area contributed by atoms with Crippen molar-refractivity contribution < 1.29 is 14.3 Å². The standard InChI is InChI=1S/C12H12O3/c1-6-8(3)15-12-10(14)5-4-9(7(2)13)11(6)12/h4-5,14H,1-3H3. The van der Waals surface area contributed by atoms with Gasteiger partial charge in [-0.15, -0.1) is 0 Å². The van der Waals surface area contributed by atoms with E-state index in [4.69, 9.17) is 4.42 Å². The highest BCUT2D eigenvalue weighted by Gasteiger charge is 2.16. The number of hydrogen-bond donors (Lipinski definition) is 1. The van der Waals surface area contributed by atoms with Gasteiger partial charge in [0, 0.05) is 10.9 Å². The van der Waals surface area contributed by atoms with Gasteiger partial charge < -0.3 is 9.52 Å². The minimum absolute atomic E-state index is 0.0242. The van der Waals surface area contributed by atoms with Crippen LogP contribution in [0.4, 0.5) is 0 Å². The number of carbonyl (C=O) groups excluding carboxylic acids is 1. The number of Topliss-reactive ketones (excluding diaryl/α,β-unsaturated/α-hetero) is 1. The molecule has 0 fully saturated rings. The Labute approximate surface area is 87.3 Å². The molecule has 0 atom stereocenters. The summed E-state index contributed by atoms with van der Waals surface area (Å²) in [7, 11) is 0. The van der Waals surface area contributed by atoms with E-state index in [1.165, 1.54) is 13.0 Å². The lowest BCUT2D eigenvalue weighted by atomic mass is 10.0. The molecule has 1 aromatic heterocycles. The fourth-order valence-electron chi connectivity index (χ4n) is 1.75. The van der Waals surface area contributed by atoms with Crippen LogP contribution in [-0.2, 0) is 0 Å². The Kier molecular flexibility index (Phi) is 2.03. The van der Waals surface area contributed by atoms with E-state index in [0.29, 0.717) is 11.1 Å². The van der Waals surface area contributed by atoms with Gasteiger partial charge >= 0.3 is 0 Å². The van der Waals surface area contributed by atoms with Crippen LogP contribution in [0.25, 0.3) is 11.0 Å². The van der Waals surface area contributed by atoms with Crippen molar-refractivity contribution in [2.45, 2.75) is 20.8 Å². The van der Waals surface area contributed by atoms with Crippen molar-refractivity contribution in [3.05, 3.63) is 29.0 Å². The molecule has 3 heteroatoms. The third-order valence-corrected chi connectivity index (χ3v) is 2.67. The van der Waals surface area contributed by atoms with Crippen molar-refractivity contribution in [3.8, 4) is 5.75 Å². The summed E-state index contributed by atoms with van der Waals surface area (Å²) in [5.74, 6) is 0.782. The van der Waals surface area contributed by atoms with Gasteiger partial charge in [-0.1, -0.05) is 0 Å². The summed E-state index contributed by atoms with van der Waals surface area (Å²) in [5, 5.41) is 10.3. The number of benzene rings is 1. The first kappa shape index (κ1) is 9.77. The van der Waals surface area contributed by atoms with Gasteiger partial charge in [0.25, 0.3) is 0 Å². The number of rotatable bonds is 1. The van der Waals surface area contributed by atoms with Crippen LogP contribution in [0.3, 0.4) is 0 Å². The number of hydrogen-bond acceptors (Lipinski definition) is 3. The maximum atomic E-state index is 11.4. The van der Waals surface area contributed by atoms with Crippen molar-refractivity contribution in [2.24, 2.45) is 0 Å². The average molecular weight is 204 g/mol. The molecule has 0 saturated carbocycles. The Morgan fingerprint density at radius 1 is 1.33 bits per heavy atom. The SMILES string of the molecule is CC(=O)c1ccc(O)c2oc(C)c(C)c12. The molecular weight excluding hydrogens is 192 g/mol. The Bertz CT molecular complexity index is 549. The molecule has 0 aliphatic carbocycles. The second kappa shape index (κ2) is 3.12. The highest BCUT2D eigenvalue weighted by molar-refractivity contribution is 6.08. The molecule has 15 heavy (non-hydrogen) atoms. The fraction of sp³-hybridized carbons (Fsp3) is 0.250. The van der Waals surface area contributed by atoms with E-state index in [1.54, 1.807) is 6.07 Å². The second-order valence-electron chi connectivity index (χ2n) is 3.68. The summed E-state index contributed by atoms with van der Waals surface area (Å²) >= 11 is 0. The zero-order chi connectivity index (χ0) is 11.2. The van der Waals surface area contributed by atoms with E-state index < -0.39 is 0 Å². The number of furan rings is 1. The zero-order valence-electron chi connectivity index (χ0n) is 8.92. The average Bonchev–Trinajstić information content (AvgIpc) is 2.46. The third kappa shape index (κ3) is 1.31. The van der Waals surface area contributed by atoms with Crippen LogP contribution in [-0.4, -0.2) is 10.9 Å². The lowest BCUT2D eigenvalue weighted by Gasteiger charge is -2.00. The van der Waals surface area contributed by atoms with E-state index in [-0.39, 0.29) is 11.5 Å². The topological polar surface area (TPSA) is 50.4 Å². The molecule has 0 aliphatic heterocycles. The van der Waals surface area contributed by atoms with Crippen LogP contribution < -0.4 is 0 Å². The molecule has 0 spiro atoms. The minimum atomic E-state index is -0.0242. The van der Waals surface area contributed by atoms with Crippen molar-refractivity contribution >= 4 is 16.8 Å². The molecule has 1 aromatic carbocycles. The lowest BCUT2D eigenvalue weighted by Crippen LogP contribution is -1.93. The number of aromatic hydroxyl groups is 1. The van der Waals surface area contributed by atoms with E-state index in [2.05, 4.69) is 0 Å². The summed E-state index contributed by atoms with van der Waals surface area (Å²) in [5.41, 5.74) is 1.90. The lowest BCUT2D eigenvalue weighted by molar-refractivity contribution is 0.101. The third-order valence-electron chi connectivity index (χ3n) is 2.67. The number of phenolic OH excluding ortho intramolecular Hbond substituents is 1. The highest BCUT2D eigenvalue weighted by Crippen LogP contribution is 2.34. The summed E-state index contributed by atoms with van der Waals surface area (Å²) in [6, 6.07) is 3.11. The first-order chi connectivity index (χ1) is 7.02. The van der Waals surface area contributed by atoms with Gasteiger partial charge in [-0.05, 0) is 38.5 Å². The second-order valence-corrected chi connectivity index (χ2v) is 3.68. The number of phenols is 1. The quantitative estimate of drug-likeness (QED) is 0.726. The number of ketones is 1. The Morgan fingerprint density at radius 3 is 2.60 bits per heavy atom. The summed E-state index contributed by atoms with van der Waals surface area (Å²) in [4.78, 5) is 11.4. The van der Waals surface area contributed by atoms with E-state index in [1.807, 2.05) is 13.8 Å². The Morgan fingerprint density at radius 2 is 2.00 bits per heavy atom. The first-order valence-electron chi connectivity index (χ1n) is 4.75. The van der Waals surface area contributed by atoms with Gasteiger partial charge in [0.1, 0.15) is 5.76 Å². The van der Waals surface area contributed by atoms with Gasteiger partial charge in [0.05, 0.1) is 0 Å². The van der Waals surface area contributed by atoms with Crippen LogP contribution in [0.1, 0.15) is 28.6 Å². The Hall–Kier alpha value is -1.77. The van der Waals surface area contributed by atoms with Crippen molar-refractivity contribution in [1.82, 2.24) is 0 Å². The smallest absolute Gasteiger partial charge is 0.176 e. The molecule has 2 rings (SSSR count). The van der Waals surface area contributed by atoms with Crippen LogP contribution >= 0.6 is 0 Å². The fourth-order valence-corrected chi connectivity index (χ4v) is 1.75. The van der Waals surface area contributed by atoms with Crippen molar-refractivity contribution in [2.75, 3.05) is 0 Å². The molecule has 1 heterocycles. The number of fused-ring (bicyclic) bond motifs is 1. The van der Waals surface area contributed by atoms with Crippen LogP contribution in [0, 0.1) is 13.8 Å². The number of carbonyl (C=O) groups is 1. The van der Waals surface area contributed by atoms with Gasteiger partial charge in [-0.2, -0.15) is 0 Å². The summed E-state index contributed by atoms with van der Waals surface area (Å²) < 4.78 is 5.42. The summed E-state index contributed by atoms with van der Waals surface area (Å²) in [6.07, 6.45) is 0. The van der Waals surface area contributed by atoms with Gasteiger partial charge in [-0.3, -0.25) is 4.79 Å². The molecule has 0 unspecified atom stereocenters. The molecule has 0 amide bonds. The largest absolute Gasteiger partial charge is 0.504 e. The van der Waals surface area contributed by atoms with Crippen LogP contribution in [0.2, 0.25) is 0 Å². The van der Waals surface area contributed by atoms with Crippen molar-refractivity contribution in [3.63, 3.8) is 0 Å².